The van der Waals surface area contributed by atoms with E-state index >= 15 is 0 Å². The van der Waals surface area contributed by atoms with Crippen molar-refractivity contribution in [1.82, 2.24) is 10.2 Å². The fraction of sp³-hybridized carbons (Fsp3) is 1.00. The molecule has 0 amide bonds. The van der Waals surface area contributed by atoms with Crippen LogP contribution >= 0.6 is 0 Å². The van der Waals surface area contributed by atoms with Crippen molar-refractivity contribution in [2.45, 2.75) is 38.4 Å². The topological polar surface area (TPSA) is 33.7 Å². The first kappa shape index (κ1) is 13.9. The van der Waals surface area contributed by atoms with E-state index in [4.69, 9.17) is 9.47 Å². The van der Waals surface area contributed by atoms with Gasteiger partial charge in [-0.2, -0.15) is 0 Å². The van der Waals surface area contributed by atoms with Crippen LogP contribution in [0.15, 0.2) is 0 Å². The number of likely N-dealkylation sites (N-methyl/N-ethyl adjacent to an activating group) is 2. The van der Waals surface area contributed by atoms with Gasteiger partial charge in [0.05, 0.1) is 13.2 Å². The highest BCUT2D eigenvalue weighted by molar-refractivity contribution is 4.87. The molecule has 0 aliphatic carbocycles. The molecule has 1 saturated heterocycles. The summed E-state index contributed by atoms with van der Waals surface area (Å²) in [5.41, 5.74) is 0. The molecule has 0 radical (unpaired) electrons. The molecular formula is C12H26N2O2. The van der Waals surface area contributed by atoms with E-state index in [2.05, 4.69) is 31.1 Å². The quantitative estimate of drug-likeness (QED) is 0.729. The molecular weight excluding hydrogens is 204 g/mol. The van der Waals surface area contributed by atoms with Crippen molar-refractivity contribution in [3.05, 3.63) is 0 Å². The van der Waals surface area contributed by atoms with Gasteiger partial charge in [-0.05, 0) is 26.9 Å². The maximum Gasteiger partial charge on any atom is 0.0637 e. The monoisotopic (exact) mass is 230 g/mol. The van der Waals surface area contributed by atoms with Crippen LogP contribution in [0.2, 0.25) is 0 Å². The zero-order chi connectivity index (χ0) is 12.0. The summed E-state index contributed by atoms with van der Waals surface area (Å²) in [5, 5.41) is 3.55. The fourth-order valence-electron chi connectivity index (χ4n) is 2.31. The van der Waals surface area contributed by atoms with Gasteiger partial charge in [0.1, 0.15) is 0 Å². The molecule has 3 atom stereocenters. The molecule has 1 aliphatic heterocycles. The van der Waals surface area contributed by atoms with Crippen LogP contribution in [0.3, 0.4) is 0 Å². The zero-order valence-electron chi connectivity index (χ0n) is 11.0. The summed E-state index contributed by atoms with van der Waals surface area (Å²) in [6.07, 6.45) is 1.10. The van der Waals surface area contributed by atoms with Gasteiger partial charge in [-0.25, -0.2) is 0 Å². The highest BCUT2D eigenvalue weighted by Gasteiger charge is 2.30. The van der Waals surface area contributed by atoms with E-state index in [1.807, 2.05) is 0 Å². The van der Waals surface area contributed by atoms with E-state index in [1.54, 1.807) is 7.11 Å². The molecule has 96 valence electrons. The minimum Gasteiger partial charge on any atom is -0.383 e. The van der Waals surface area contributed by atoms with Gasteiger partial charge in [0.2, 0.25) is 0 Å². The second-order valence-electron chi connectivity index (χ2n) is 4.56. The van der Waals surface area contributed by atoms with Gasteiger partial charge >= 0.3 is 0 Å². The summed E-state index contributed by atoms with van der Waals surface area (Å²) < 4.78 is 10.8. The molecule has 0 aromatic rings. The van der Waals surface area contributed by atoms with Crippen molar-refractivity contribution >= 4 is 0 Å². The predicted octanol–water partition coefficient (Wildman–Crippen LogP) is 0.720. The van der Waals surface area contributed by atoms with E-state index in [9.17, 15) is 0 Å². The van der Waals surface area contributed by atoms with Gasteiger partial charge in [-0.3, -0.25) is 4.90 Å². The molecule has 0 spiro atoms. The number of ether oxygens (including phenoxy) is 2. The molecule has 4 heteroatoms. The van der Waals surface area contributed by atoms with Crippen LogP contribution in [-0.4, -0.2) is 63.5 Å². The molecule has 16 heavy (non-hydrogen) atoms. The standard InChI is InChI=1S/C12H26N2O2/c1-5-13-11-6-7-16-9-12(11)14(3)10(2)8-15-4/h10-13H,5-9H2,1-4H3. The van der Waals surface area contributed by atoms with E-state index in [0.717, 1.165) is 32.8 Å². The summed E-state index contributed by atoms with van der Waals surface area (Å²) in [4.78, 5) is 2.37. The van der Waals surface area contributed by atoms with Crippen LogP contribution in [0.4, 0.5) is 0 Å². The number of methoxy groups -OCH3 is 1. The first-order chi connectivity index (χ1) is 7.70. The number of nitrogens with one attached hydrogen (secondary N) is 1. The molecule has 0 bridgehead atoms. The Morgan fingerprint density at radius 3 is 2.94 bits per heavy atom. The van der Waals surface area contributed by atoms with Crippen LogP contribution < -0.4 is 5.32 Å². The van der Waals surface area contributed by atoms with Gasteiger partial charge in [-0.1, -0.05) is 6.92 Å². The minimum absolute atomic E-state index is 0.429. The maximum atomic E-state index is 5.59. The van der Waals surface area contributed by atoms with Gasteiger partial charge in [0.15, 0.2) is 0 Å². The van der Waals surface area contributed by atoms with Gasteiger partial charge < -0.3 is 14.8 Å². The summed E-state index contributed by atoms with van der Waals surface area (Å²) in [6, 6.07) is 1.43. The van der Waals surface area contributed by atoms with E-state index in [-0.39, 0.29) is 0 Å². The van der Waals surface area contributed by atoms with Gasteiger partial charge in [0, 0.05) is 31.8 Å². The lowest BCUT2D eigenvalue weighted by Gasteiger charge is -2.40. The Labute approximate surface area is 99.3 Å². The zero-order valence-corrected chi connectivity index (χ0v) is 11.0. The molecule has 1 heterocycles. The molecule has 0 aromatic carbocycles. The lowest BCUT2D eigenvalue weighted by atomic mass is 10.0. The lowest BCUT2D eigenvalue weighted by Crippen LogP contribution is -2.56. The van der Waals surface area contributed by atoms with Crippen molar-refractivity contribution in [1.29, 1.82) is 0 Å². The number of nitrogens with zero attached hydrogens (tertiary/aromatic N) is 1. The van der Waals surface area contributed by atoms with Gasteiger partial charge in [0.25, 0.3) is 0 Å². The molecule has 0 aromatic heterocycles. The van der Waals surface area contributed by atoms with E-state index in [1.165, 1.54) is 0 Å². The highest BCUT2D eigenvalue weighted by atomic mass is 16.5. The van der Waals surface area contributed by atoms with E-state index in [0.29, 0.717) is 18.1 Å². The summed E-state index contributed by atoms with van der Waals surface area (Å²) in [6.45, 7) is 7.84. The molecule has 1 N–H and O–H groups in total. The minimum atomic E-state index is 0.429. The SMILES string of the molecule is CCNC1CCOCC1N(C)C(C)COC. The average molecular weight is 230 g/mol. The van der Waals surface area contributed by atoms with Crippen molar-refractivity contribution in [2.75, 3.05) is 40.5 Å². The van der Waals surface area contributed by atoms with E-state index < -0.39 is 0 Å². The predicted molar refractivity (Wildman–Crippen MR) is 65.8 cm³/mol. The number of rotatable bonds is 6. The Morgan fingerprint density at radius 2 is 2.31 bits per heavy atom. The normalized spacial score (nSPS) is 28.3. The fourth-order valence-corrected chi connectivity index (χ4v) is 2.31. The molecule has 4 nitrogen and oxygen atoms in total. The Balaban J connectivity index is 2.52. The number of hydrogen-bond acceptors (Lipinski definition) is 4. The van der Waals surface area contributed by atoms with Crippen LogP contribution in [0.25, 0.3) is 0 Å². The Bertz CT molecular complexity index is 188. The second-order valence-corrected chi connectivity index (χ2v) is 4.56. The molecule has 1 fully saturated rings. The van der Waals surface area contributed by atoms with Crippen LogP contribution in [0.1, 0.15) is 20.3 Å². The van der Waals surface area contributed by atoms with Crippen LogP contribution in [-0.2, 0) is 9.47 Å². The van der Waals surface area contributed by atoms with Gasteiger partial charge in [-0.15, -0.1) is 0 Å². The summed E-state index contributed by atoms with van der Waals surface area (Å²) >= 11 is 0. The first-order valence-corrected chi connectivity index (χ1v) is 6.22. The average Bonchev–Trinajstić information content (AvgIpc) is 2.29. The summed E-state index contributed by atoms with van der Waals surface area (Å²) in [7, 11) is 3.91. The lowest BCUT2D eigenvalue weighted by molar-refractivity contribution is -0.0174. The third-order valence-corrected chi connectivity index (χ3v) is 3.42. The Hall–Kier alpha value is -0.160. The molecule has 3 unspecified atom stereocenters. The highest BCUT2D eigenvalue weighted by Crippen LogP contribution is 2.15. The number of hydrogen-bond donors (Lipinski definition) is 1. The van der Waals surface area contributed by atoms with Crippen LogP contribution in [0, 0.1) is 0 Å². The third kappa shape index (κ3) is 3.70. The van der Waals surface area contributed by atoms with Crippen molar-refractivity contribution < 1.29 is 9.47 Å². The second kappa shape index (κ2) is 7.22. The Kier molecular flexibility index (Phi) is 6.28. The van der Waals surface area contributed by atoms with Crippen LogP contribution in [0.5, 0.6) is 0 Å². The first-order valence-electron chi connectivity index (χ1n) is 6.22. The smallest absolute Gasteiger partial charge is 0.0637 e. The Morgan fingerprint density at radius 1 is 1.56 bits per heavy atom. The largest absolute Gasteiger partial charge is 0.383 e. The van der Waals surface area contributed by atoms with Crippen molar-refractivity contribution in [3.8, 4) is 0 Å². The third-order valence-electron chi connectivity index (χ3n) is 3.42. The molecule has 0 saturated carbocycles. The molecule has 1 rings (SSSR count). The molecule has 1 aliphatic rings. The maximum absolute atomic E-state index is 5.59. The van der Waals surface area contributed by atoms with Crippen molar-refractivity contribution in [2.24, 2.45) is 0 Å². The summed E-state index contributed by atoms with van der Waals surface area (Å²) in [5.74, 6) is 0. The van der Waals surface area contributed by atoms with Crippen molar-refractivity contribution in [3.63, 3.8) is 0 Å².